The lowest BCUT2D eigenvalue weighted by molar-refractivity contribution is 0.316. The summed E-state index contributed by atoms with van der Waals surface area (Å²) in [6, 6.07) is 2.18. The molecule has 0 aliphatic heterocycles. The second-order valence-corrected chi connectivity index (χ2v) is 8.92. The fourth-order valence-electron chi connectivity index (χ4n) is 2.04. The third-order valence-corrected chi connectivity index (χ3v) is 5.39. The summed E-state index contributed by atoms with van der Waals surface area (Å²) in [5, 5.41) is 8.99. The summed E-state index contributed by atoms with van der Waals surface area (Å²) in [6.45, 7) is 8.22. The van der Waals surface area contributed by atoms with Gasteiger partial charge in [0.15, 0.2) is 0 Å². The Morgan fingerprint density at radius 3 is 2.76 bits per heavy atom. The zero-order chi connectivity index (χ0) is 15.2. The SMILES string of the molecule is CC(C)CNCc1nc(CN(C)Cc2csc(Br)c2)cs1. The molecule has 2 aromatic rings. The highest BCUT2D eigenvalue weighted by molar-refractivity contribution is 9.11. The van der Waals surface area contributed by atoms with E-state index in [0.717, 1.165) is 31.9 Å². The van der Waals surface area contributed by atoms with Gasteiger partial charge < -0.3 is 5.32 Å². The van der Waals surface area contributed by atoms with Gasteiger partial charge in [-0.15, -0.1) is 22.7 Å². The molecule has 0 atom stereocenters. The maximum absolute atomic E-state index is 4.70. The lowest BCUT2D eigenvalue weighted by atomic mass is 10.2. The van der Waals surface area contributed by atoms with Crippen LogP contribution >= 0.6 is 38.6 Å². The zero-order valence-corrected chi connectivity index (χ0v) is 15.9. The van der Waals surface area contributed by atoms with Gasteiger partial charge in [-0.2, -0.15) is 0 Å². The van der Waals surface area contributed by atoms with E-state index in [4.69, 9.17) is 4.98 Å². The Morgan fingerprint density at radius 1 is 1.29 bits per heavy atom. The maximum atomic E-state index is 4.70. The molecule has 3 nitrogen and oxygen atoms in total. The summed E-state index contributed by atoms with van der Waals surface area (Å²) in [5.41, 5.74) is 2.52. The van der Waals surface area contributed by atoms with E-state index < -0.39 is 0 Å². The normalized spacial score (nSPS) is 11.7. The van der Waals surface area contributed by atoms with Crippen LogP contribution in [0.3, 0.4) is 0 Å². The van der Waals surface area contributed by atoms with Crippen LogP contribution in [0, 0.1) is 5.92 Å². The number of halogens is 1. The van der Waals surface area contributed by atoms with Gasteiger partial charge in [-0.3, -0.25) is 4.90 Å². The van der Waals surface area contributed by atoms with E-state index in [1.54, 1.807) is 22.7 Å². The molecule has 0 bridgehead atoms. The number of hydrogen-bond donors (Lipinski definition) is 1. The highest BCUT2D eigenvalue weighted by Crippen LogP contribution is 2.22. The van der Waals surface area contributed by atoms with Gasteiger partial charge in [0, 0.05) is 25.0 Å². The molecule has 0 unspecified atom stereocenters. The van der Waals surface area contributed by atoms with Gasteiger partial charge in [0.2, 0.25) is 0 Å². The van der Waals surface area contributed by atoms with Gasteiger partial charge in [-0.05, 0) is 52.5 Å². The van der Waals surface area contributed by atoms with Crippen molar-refractivity contribution in [2.75, 3.05) is 13.6 Å². The number of nitrogens with one attached hydrogen (secondary N) is 1. The van der Waals surface area contributed by atoms with E-state index >= 15 is 0 Å². The minimum absolute atomic E-state index is 0.681. The van der Waals surface area contributed by atoms with Gasteiger partial charge >= 0.3 is 0 Å². The summed E-state index contributed by atoms with van der Waals surface area (Å²) in [5.74, 6) is 0.681. The Hall–Kier alpha value is -0.270. The largest absolute Gasteiger partial charge is 0.310 e. The highest BCUT2D eigenvalue weighted by Gasteiger charge is 2.07. The third kappa shape index (κ3) is 6.16. The first kappa shape index (κ1) is 17.1. The average Bonchev–Trinajstić information content (AvgIpc) is 2.98. The molecule has 0 fully saturated rings. The van der Waals surface area contributed by atoms with Crippen molar-refractivity contribution in [1.29, 1.82) is 0 Å². The average molecular weight is 388 g/mol. The fraction of sp³-hybridized carbons (Fsp3) is 0.533. The first-order chi connectivity index (χ1) is 10.0. The molecule has 116 valence electrons. The molecule has 0 aliphatic carbocycles. The molecule has 0 saturated heterocycles. The molecule has 21 heavy (non-hydrogen) atoms. The van der Waals surface area contributed by atoms with Crippen LogP contribution < -0.4 is 5.32 Å². The van der Waals surface area contributed by atoms with Gasteiger partial charge in [-0.1, -0.05) is 13.8 Å². The minimum Gasteiger partial charge on any atom is -0.310 e. The van der Waals surface area contributed by atoms with Crippen LogP contribution in [0.25, 0.3) is 0 Å². The predicted molar refractivity (Wildman–Crippen MR) is 95.8 cm³/mol. The van der Waals surface area contributed by atoms with Crippen molar-refractivity contribution < 1.29 is 0 Å². The first-order valence-corrected chi connectivity index (χ1v) is 9.63. The monoisotopic (exact) mass is 387 g/mol. The molecule has 0 spiro atoms. The summed E-state index contributed by atoms with van der Waals surface area (Å²) in [4.78, 5) is 7.00. The Balaban J connectivity index is 1.78. The van der Waals surface area contributed by atoms with Crippen molar-refractivity contribution in [3.8, 4) is 0 Å². The number of thiophene rings is 1. The molecule has 2 rings (SSSR count). The molecule has 0 amide bonds. The van der Waals surface area contributed by atoms with Crippen LogP contribution in [0.15, 0.2) is 20.6 Å². The topological polar surface area (TPSA) is 28.2 Å². The van der Waals surface area contributed by atoms with Crippen molar-refractivity contribution in [2.24, 2.45) is 5.92 Å². The first-order valence-electron chi connectivity index (χ1n) is 7.08. The summed E-state index contributed by atoms with van der Waals surface area (Å²) in [7, 11) is 2.14. The molecular formula is C15H22BrN3S2. The van der Waals surface area contributed by atoms with E-state index in [1.165, 1.54) is 14.4 Å². The van der Waals surface area contributed by atoms with Crippen molar-refractivity contribution in [2.45, 2.75) is 33.5 Å². The number of rotatable bonds is 8. The maximum Gasteiger partial charge on any atom is 0.107 e. The van der Waals surface area contributed by atoms with Gasteiger partial charge in [0.1, 0.15) is 5.01 Å². The van der Waals surface area contributed by atoms with Crippen molar-refractivity contribution >= 4 is 38.6 Å². The van der Waals surface area contributed by atoms with Crippen molar-refractivity contribution in [3.05, 3.63) is 36.9 Å². The van der Waals surface area contributed by atoms with E-state index in [-0.39, 0.29) is 0 Å². The molecule has 2 aromatic heterocycles. The number of hydrogen-bond acceptors (Lipinski definition) is 5. The zero-order valence-electron chi connectivity index (χ0n) is 12.7. The third-order valence-electron chi connectivity index (χ3n) is 2.93. The number of aromatic nitrogens is 1. The summed E-state index contributed by atoms with van der Waals surface area (Å²) >= 11 is 6.99. The smallest absolute Gasteiger partial charge is 0.107 e. The van der Waals surface area contributed by atoms with Crippen LogP contribution in [0.5, 0.6) is 0 Å². The van der Waals surface area contributed by atoms with Crippen LogP contribution in [0.1, 0.15) is 30.1 Å². The second kappa shape index (κ2) is 8.39. The molecule has 1 N–H and O–H groups in total. The van der Waals surface area contributed by atoms with Crippen LogP contribution in [0.2, 0.25) is 0 Å². The van der Waals surface area contributed by atoms with Crippen LogP contribution in [0.4, 0.5) is 0 Å². The van der Waals surface area contributed by atoms with Gasteiger partial charge in [-0.25, -0.2) is 4.98 Å². The quantitative estimate of drug-likeness (QED) is 0.729. The predicted octanol–water partition coefficient (Wildman–Crippen LogP) is 4.34. The van der Waals surface area contributed by atoms with E-state index in [9.17, 15) is 0 Å². The summed E-state index contributed by atoms with van der Waals surface area (Å²) < 4.78 is 1.19. The second-order valence-electron chi connectivity index (χ2n) is 5.69. The molecular weight excluding hydrogens is 366 g/mol. The van der Waals surface area contributed by atoms with E-state index in [1.807, 2.05) is 0 Å². The van der Waals surface area contributed by atoms with E-state index in [0.29, 0.717) is 5.92 Å². The molecule has 2 heterocycles. The standard InChI is InChI=1S/C15H22BrN3S2/c1-11(2)5-17-6-15-18-13(10-21-15)8-19(3)7-12-4-14(16)20-9-12/h4,9-11,17H,5-8H2,1-3H3. The lowest BCUT2D eigenvalue weighted by Gasteiger charge is -2.14. The van der Waals surface area contributed by atoms with Crippen molar-refractivity contribution in [3.63, 3.8) is 0 Å². The molecule has 6 heteroatoms. The van der Waals surface area contributed by atoms with Crippen molar-refractivity contribution in [1.82, 2.24) is 15.2 Å². The van der Waals surface area contributed by atoms with Crippen LogP contribution in [-0.2, 0) is 19.6 Å². The molecule has 0 aliphatic rings. The highest BCUT2D eigenvalue weighted by atomic mass is 79.9. The van der Waals surface area contributed by atoms with Crippen LogP contribution in [-0.4, -0.2) is 23.5 Å². The van der Waals surface area contributed by atoms with Gasteiger partial charge in [0.25, 0.3) is 0 Å². The Bertz CT molecular complexity index is 551. The molecule has 0 aromatic carbocycles. The summed E-state index contributed by atoms with van der Waals surface area (Å²) in [6.07, 6.45) is 0. The van der Waals surface area contributed by atoms with Gasteiger partial charge in [0.05, 0.1) is 9.48 Å². The number of nitrogens with zero attached hydrogens (tertiary/aromatic N) is 2. The minimum atomic E-state index is 0.681. The Kier molecular flexibility index (Phi) is 6.82. The molecule has 0 saturated carbocycles. The molecule has 0 radical (unpaired) electrons. The Labute approximate surface area is 143 Å². The van der Waals surface area contributed by atoms with E-state index in [2.05, 4.69) is 63.9 Å². The Morgan fingerprint density at radius 2 is 2.10 bits per heavy atom. The fourth-order valence-corrected chi connectivity index (χ4v) is 4.00. The number of thiazole rings is 1. The lowest BCUT2D eigenvalue weighted by Crippen LogP contribution is -2.19.